The lowest BCUT2D eigenvalue weighted by molar-refractivity contribution is -0.143. The molecule has 134 valence electrons. The van der Waals surface area contributed by atoms with E-state index in [-0.39, 0.29) is 17.4 Å². The van der Waals surface area contributed by atoms with Gasteiger partial charge in [0, 0.05) is 19.3 Å². The van der Waals surface area contributed by atoms with E-state index >= 15 is 0 Å². The molecule has 1 aliphatic heterocycles. The maximum absolute atomic E-state index is 13.0. The molecule has 2 aromatic heterocycles. The fraction of sp³-hybridized carbons (Fsp3) is 0.438. The van der Waals surface area contributed by atoms with E-state index < -0.39 is 21.9 Å². The van der Waals surface area contributed by atoms with Gasteiger partial charge in [0.05, 0.1) is 17.8 Å². The molecule has 2 atom stereocenters. The van der Waals surface area contributed by atoms with Crippen LogP contribution >= 0.6 is 0 Å². The van der Waals surface area contributed by atoms with Gasteiger partial charge in [-0.05, 0) is 31.4 Å². The third-order valence-corrected chi connectivity index (χ3v) is 6.36. The molecule has 2 unspecified atom stereocenters. The predicted molar refractivity (Wildman–Crippen MR) is 89.8 cm³/mol. The van der Waals surface area contributed by atoms with E-state index in [1.54, 1.807) is 31.3 Å². The maximum Gasteiger partial charge on any atom is 0.307 e. The van der Waals surface area contributed by atoms with Crippen molar-refractivity contribution in [2.45, 2.75) is 25.2 Å². The van der Waals surface area contributed by atoms with Crippen molar-refractivity contribution < 1.29 is 18.3 Å². The highest BCUT2D eigenvalue weighted by molar-refractivity contribution is 7.89. The Balaban J connectivity index is 1.95. The SMILES string of the molecule is Cc1c(S(=O)(=O)N2CC(C)CC(C(=O)O)C2)cnn1-c1ccccn1. The summed E-state index contributed by atoms with van der Waals surface area (Å²) in [6, 6.07) is 5.29. The molecule has 1 saturated heterocycles. The van der Waals surface area contributed by atoms with Crippen LogP contribution in [0.2, 0.25) is 0 Å². The first kappa shape index (κ1) is 17.6. The van der Waals surface area contributed by atoms with Crippen LogP contribution in [-0.2, 0) is 14.8 Å². The molecule has 0 radical (unpaired) electrons. The van der Waals surface area contributed by atoms with E-state index in [0.717, 1.165) is 0 Å². The summed E-state index contributed by atoms with van der Waals surface area (Å²) in [6.07, 6.45) is 3.39. The average Bonchev–Trinajstić information content (AvgIpc) is 2.97. The largest absolute Gasteiger partial charge is 0.481 e. The van der Waals surface area contributed by atoms with Crippen LogP contribution in [-0.4, -0.2) is 51.7 Å². The molecule has 0 aliphatic carbocycles. The highest BCUT2D eigenvalue weighted by Crippen LogP contribution is 2.28. The van der Waals surface area contributed by atoms with Crippen molar-refractivity contribution in [3.8, 4) is 5.82 Å². The minimum absolute atomic E-state index is 0.0176. The Hall–Kier alpha value is -2.26. The summed E-state index contributed by atoms with van der Waals surface area (Å²) in [5.74, 6) is -1.15. The van der Waals surface area contributed by atoms with Gasteiger partial charge in [-0.3, -0.25) is 4.79 Å². The van der Waals surface area contributed by atoms with Gasteiger partial charge in [-0.1, -0.05) is 13.0 Å². The lowest BCUT2D eigenvalue weighted by Crippen LogP contribution is -2.45. The molecule has 0 aromatic carbocycles. The molecule has 3 heterocycles. The summed E-state index contributed by atoms with van der Waals surface area (Å²) in [5, 5.41) is 13.4. The van der Waals surface area contributed by atoms with Crippen molar-refractivity contribution in [3.05, 3.63) is 36.3 Å². The molecule has 1 fully saturated rings. The third-order valence-electron chi connectivity index (χ3n) is 4.42. The number of carbonyl (C=O) groups is 1. The van der Waals surface area contributed by atoms with Gasteiger partial charge in [-0.15, -0.1) is 0 Å². The maximum atomic E-state index is 13.0. The van der Waals surface area contributed by atoms with Crippen molar-refractivity contribution in [2.75, 3.05) is 13.1 Å². The third kappa shape index (κ3) is 3.29. The number of hydrogen-bond acceptors (Lipinski definition) is 5. The summed E-state index contributed by atoms with van der Waals surface area (Å²) in [4.78, 5) is 15.6. The molecule has 3 rings (SSSR count). The van der Waals surface area contributed by atoms with Crippen LogP contribution in [0.4, 0.5) is 0 Å². The van der Waals surface area contributed by atoms with Crippen LogP contribution in [0, 0.1) is 18.8 Å². The summed E-state index contributed by atoms with van der Waals surface area (Å²) in [6.45, 7) is 3.81. The normalized spacial score (nSPS) is 22.0. The summed E-state index contributed by atoms with van der Waals surface area (Å²) in [7, 11) is -3.82. The van der Waals surface area contributed by atoms with Gasteiger partial charge in [-0.25, -0.2) is 18.1 Å². The molecule has 1 aliphatic rings. The highest BCUT2D eigenvalue weighted by Gasteiger charge is 2.37. The fourth-order valence-corrected chi connectivity index (χ4v) is 4.92. The van der Waals surface area contributed by atoms with E-state index in [1.165, 1.54) is 15.2 Å². The van der Waals surface area contributed by atoms with Crippen LogP contribution in [0.1, 0.15) is 19.0 Å². The van der Waals surface area contributed by atoms with Crippen LogP contribution in [0.3, 0.4) is 0 Å². The molecule has 0 saturated carbocycles. The number of aliphatic carboxylic acids is 1. The van der Waals surface area contributed by atoms with E-state index in [4.69, 9.17) is 0 Å². The zero-order chi connectivity index (χ0) is 18.2. The van der Waals surface area contributed by atoms with Crippen molar-refractivity contribution >= 4 is 16.0 Å². The number of carboxylic acid groups (broad SMARTS) is 1. The van der Waals surface area contributed by atoms with Gasteiger partial charge >= 0.3 is 5.97 Å². The molecule has 0 bridgehead atoms. The van der Waals surface area contributed by atoms with Crippen LogP contribution in [0.5, 0.6) is 0 Å². The number of rotatable bonds is 4. The molecular formula is C16H20N4O4S. The van der Waals surface area contributed by atoms with Gasteiger partial charge < -0.3 is 5.11 Å². The van der Waals surface area contributed by atoms with Gasteiger partial charge in [0.1, 0.15) is 4.90 Å². The van der Waals surface area contributed by atoms with Gasteiger partial charge in [-0.2, -0.15) is 9.40 Å². The summed E-state index contributed by atoms with van der Waals surface area (Å²) < 4.78 is 28.8. The first-order valence-electron chi connectivity index (χ1n) is 7.99. The van der Waals surface area contributed by atoms with E-state index in [2.05, 4.69) is 10.1 Å². The van der Waals surface area contributed by atoms with Gasteiger partial charge in [0.15, 0.2) is 5.82 Å². The van der Waals surface area contributed by atoms with E-state index in [0.29, 0.717) is 24.5 Å². The van der Waals surface area contributed by atoms with Crippen LogP contribution in [0.15, 0.2) is 35.5 Å². The smallest absolute Gasteiger partial charge is 0.307 e. The number of hydrogen-bond donors (Lipinski definition) is 1. The van der Waals surface area contributed by atoms with E-state index in [9.17, 15) is 18.3 Å². The zero-order valence-corrected chi connectivity index (χ0v) is 14.8. The van der Waals surface area contributed by atoms with Gasteiger partial charge in [0.25, 0.3) is 0 Å². The van der Waals surface area contributed by atoms with Crippen molar-refractivity contribution in [1.29, 1.82) is 0 Å². The first-order chi connectivity index (χ1) is 11.8. The molecule has 25 heavy (non-hydrogen) atoms. The minimum atomic E-state index is -3.82. The fourth-order valence-electron chi connectivity index (χ4n) is 3.17. The molecule has 2 aromatic rings. The highest BCUT2D eigenvalue weighted by atomic mass is 32.2. The van der Waals surface area contributed by atoms with Crippen molar-refractivity contribution in [1.82, 2.24) is 19.1 Å². The van der Waals surface area contributed by atoms with Crippen molar-refractivity contribution in [3.63, 3.8) is 0 Å². The zero-order valence-electron chi connectivity index (χ0n) is 14.0. The second kappa shape index (κ2) is 6.57. The minimum Gasteiger partial charge on any atom is -0.481 e. The Morgan fingerprint density at radius 1 is 1.32 bits per heavy atom. The molecule has 0 spiro atoms. The van der Waals surface area contributed by atoms with Gasteiger partial charge in [0.2, 0.25) is 10.0 Å². The number of carboxylic acids is 1. The topological polar surface area (TPSA) is 105 Å². The number of aromatic nitrogens is 3. The Morgan fingerprint density at radius 2 is 2.08 bits per heavy atom. The quantitative estimate of drug-likeness (QED) is 0.877. The summed E-state index contributed by atoms with van der Waals surface area (Å²) in [5.41, 5.74) is 0.448. The second-order valence-electron chi connectivity index (χ2n) is 6.39. The number of nitrogens with zero attached hydrogens (tertiary/aromatic N) is 4. The number of piperidine rings is 1. The molecule has 9 heteroatoms. The Kier molecular flexibility index (Phi) is 4.61. The lowest BCUT2D eigenvalue weighted by atomic mass is 9.92. The van der Waals surface area contributed by atoms with Crippen molar-refractivity contribution in [2.24, 2.45) is 11.8 Å². The molecule has 1 N–H and O–H groups in total. The predicted octanol–water partition coefficient (Wildman–Crippen LogP) is 1.31. The first-order valence-corrected chi connectivity index (χ1v) is 9.43. The second-order valence-corrected chi connectivity index (χ2v) is 8.30. The van der Waals surface area contributed by atoms with Crippen LogP contribution in [0.25, 0.3) is 5.82 Å². The average molecular weight is 364 g/mol. The molecular weight excluding hydrogens is 344 g/mol. The number of sulfonamides is 1. The summed E-state index contributed by atoms with van der Waals surface area (Å²) >= 11 is 0. The monoisotopic (exact) mass is 364 g/mol. The molecule has 0 amide bonds. The Morgan fingerprint density at radius 3 is 2.72 bits per heavy atom. The van der Waals surface area contributed by atoms with E-state index in [1.807, 2.05) is 6.92 Å². The number of pyridine rings is 1. The van der Waals surface area contributed by atoms with Crippen LogP contribution < -0.4 is 0 Å². The Labute approximate surface area is 146 Å². The Bertz CT molecular complexity index is 879. The lowest BCUT2D eigenvalue weighted by Gasteiger charge is -2.33. The standard InChI is InChI=1S/C16H20N4O4S/c1-11-7-13(16(21)22)10-19(9-11)25(23,24)14-8-18-20(12(14)2)15-5-3-4-6-17-15/h3-6,8,11,13H,7,9-10H2,1-2H3,(H,21,22). The molecule has 8 nitrogen and oxygen atoms in total.